The fourth-order valence-electron chi connectivity index (χ4n) is 0.849. The maximum absolute atomic E-state index is 10.8. The molecule has 0 heterocycles. The van der Waals surface area contributed by atoms with Gasteiger partial charge in [-0.15, -0.1) is 0 Å². The van der Waals surface area contributed by atoms with Crippen LogP contribution in [-0.2, 0) is 51.3 Å². The van der Waals surface area contributed by atoms with Gasteiger partial charge < -0.3 is 14.0 Å². The van der Waals surface area contributed by atoms with Crippen molar-refractivity contribution < 1.29 is 51.3 Å². The topological polar surface area (TPSA) is 44.8 Å². The Bertz CT molecular complexity index is 137. The van der Waals surface area contributed by atoms with Crippen molar-refractivity contribution in [1.29, 1.82) is 0 Å². The summed E-state index contributed by atoms with van der Waals surface area (Å²) >= 11 is 0. The molecular weight excluding hydrogens is 280 g/mol. The minimum atomic E-state index is -1.90. The molecule has 0 amide bonds. The molecule has 0 aliphatic heterocycles. The monoisotopic (exact) mass is 299 g/mol. The van der Waals surface area contributed by atoms with Crippen LogP contribution in [0.3, 0.4) is 0 Å². The zero-order valence-corrected chi connectivity index (χ0v) is 13.0. The molecule has 1 atom stereocenters. The largest absolute Gasteiger partial charge is 0.379 e. The quantitative estimate of drug-likeness (QED) is 0.638. The van der Waals surface area contributed by atoms with Gasteiger partial charge in [0.05, 0.1) is 13.2 Å². The van der Waals surface area contributed by atoms with Gasteiger partial charge in [-0.05, 0) is 13.8 Å². The summed E-state index contributed by atoms with van der Waals surface area (Å²) in [6.07, 6.45) is -0.198. The zero-order chi connectivity index (χ0) is 10.1. The van der Waals surface area contributed by atoms with Gasteiger partial charge in [0.1, 0.15) is 6.10 Å². The third kappa shape index (κ3) is 11.3. The van der Waals surface area contributed by atoms with Crippen LogP contribution < -0.4 is 0 Å². The molecule has 0 N–H and O–H groups in total. The van der Waals surface area contributed by atoms with E-state index in [0.717, 1.165) is 0 Å². The van der Waals surface area contributed by atoms with Crippen LogP contribution in [-0.4, -0.2) is 39.2 Å². The molecule has 0 rings (SSSR count). The first-order chi connectivity index (χ1) is 6.20. The predicted molar refractivity (Wildman–Crippen MR) is 52.8 cm³/mol. The molecule has 6 heteroatoms. The Labute approximate surface area is 112 Å². The molecule has 4 nitrogen and oxygen atoms in total. The smallest absolute Gasteiger partial charge is 0.189 e. The molecule has 1 radical (unpaired) electrons. The zero-order valence-electron chi connectivity index (χ0n) is 9.12. The normalized spacial score (nSPS) is 12.6. The molecule has 0 saturated carbocycles. The average molecular weight is 299 g/mol. The summed E-state index contributed by atoms with van der Waals surface area (Å²) in [5, 5.41) is 0. The molecule has 0 aromatic heterocycles. The van der Waals surface area contributed by atoms with Gasteiger partial charge in [-0.1, -0.05) is 0 Å². The first-order valence-electron chi connectivity index (χ1n) is 4.53. The Balaban J connectivity index is 0. The third-order valence-electron chi connectivity index (χ3n) is 1.35. The van der Waals surface area contributed by atoms with Crippen LogP contribution >= 0.6 is 8.03 Å². The van der Waals surface area contributed by atoms with Crippen LogP contribution in [0.1, 0.15) is 13.8 Å². The van der Waals surface area contributed by atoms with Crippen molar-refractivity contribution in [3.05, 3.63) is 0 Å². The number of hydrogen-bond donors (Lipinski definition) is 0. The molecule has 0 saturated heterocycles. The first-order valence-corrected chi connectivity index (χ1v) is 6.35. The summed E-state index contributed by atoms with van der Waals surface area (Å²) in [4.78, 5) is 0. The number of rotatable bonds is 8. The van der Waals surface area contributed by atoms with E-state index in [-0.39, 0.29) is 38.8 Å². The van der Waals surface area contributed by atoms with E-state index < -0.39 is 8.03 Å². The molecule has 0 aliphatic carbocycles. The summed E-state index contributed by atoms with van der Waals surface area (Å²) in [7, 11) is -1.90. The van der Waals surface area contributed by atoms with Crippen LogP contribution in [0.15, 0.2) is 0 Å². The van der Waals surface area contributed by atoms with E-state index in [4.69, 9.17) is 14.0 Å². The molecule has 0 fully saturated rings. The van der Waals surface area contributed by atoms with Crippen molar-refractivity contribution in [3.63, 3.8) is 0 Å². The van der Waals surface area contributed by atoms with Crippen molar-refractivity contribution in [3.8, 4) is 0 Å². The standard InChI is InChI=1S/C8H19O4P.Y/c1-4-10-6-8(7-11-5-2)12-13(3)9;/h8,13H,4-7H2,1-3H3;. The van der Waals surface area contributed by atoms with E-state index >= 15 is 0 Å². The predicted octanol–water partition coefficient (Wildman–Crippen LogP) is 1.55. The number of hydrogen-bond acceptors (Lipinski definition) is 4. The fourth-order valence-corrected chi connectivity index (χ4v) is 1.45. The average Bonchev–Trinajstić information content (AvgIpc) is 2.09. The van der Waals surface area contributed by atoms with Gasteiger partial charge in [-0.3, -0.25) is 4.57 Å². The Morgan fingerprint density at radius 3 is 1.86 bits per heavy atom. The van der Waals surface area contributed by atoms with Crippen molar-refractivity contribution in [2.75, 3.05) is 33.1 Å². The molecule has 83 valence electrons. The minimum absolute atomic E-state index is 0. The maximum atomic E-state index is 10.8. The Kier molecular flexibility index (Phi) is 15.4. The third-order valence-corrected chi connectivity index (χ3v) is 2.01. The Morgan fingerprint density at radius 2 is 1.57 bits per heavy atom. The first kappa shape index (κ1) is 17.6. The summed E-state index contributed by atoms with van der Waals surface area (Å²) in [6.45, 7) is 7.55. The van der Waals surface area contributed by atoms with E-state index in [1.807, 2.05) is 13.8 Å². The second-order valence-electron chi connectivity index (χ2n) is 2.55. The van der Waals surface area contributed by atoms with Gasteiger partial charge in [0, 0.05) is 52.6 Å². The van der Waals surface area contributed by atoms with Crippen LogP contribution in [0, 0.1) is 0 Å². The van der Waals surface area contributed by atoms with Gasteiger partial charge in [0.15, 0.2) is 8.03 Å². The summed E-state index contributed by atoms with van der Waals surface area (Å²) in [5.74, 6) is 0. The van der Waals surface area contributed by atoms with Crippen molar-refractivity contribution in [2.24, 2.45) is 0 Å². The molecule has 14 heavy (non-hydrogen) atoms. The molecular formula is C8H19O4PY. The van der Waals surface area contributed by atoms with Gasteiger partial charge in [-0.2, -0.15) is 0 Å². The molecule has 1 unspecified atom stereocenters. The molecule has 0 aliphatic rings. The maximum Gasteiger partial charge on any atom is 0.189 e. The second kappa shape index (κ2) is 12.3. The minimum Gasteiger partial charge on any atom is -0.379 e. The van der Waals surface area contributed by atoms with Gasteiger partial charge in [0.25, 0.3) is 0 Å². The van der Waals surface area contributed by atoms with Gasteiger partial charge >= 0.3 is 0 Å². The number of ether oxygens (including phenoxy) is 2. The van der Waals surface area contributed by atoms with Crippen molar-refractivity contribution in [2.45, 2.75) is 20.0 Å². The van der Waals surface area contributed by atoms with E-state index in [9.17, 15) is 4.57 Å². The molecule has 0 aromatic rings. The fraction of sp³-hybridized carbons (Fsp3) is 1.00. The molecule has 0 bridgehead atoms. The van der Waals surface area contributed by atoms with Gasteiger partial charge in [-0.25, -0.2) is 0 Å². The van der Waals surface area contributed by atoms with Crippen molar-refractivity contribution >= 4 is 8.03 Å². The van der Waals surface area contributed by atoms with Crippen LogP contribution in [0.4, 0.5) is 0 Å². The van der Waals surface area contributed by atoms with E-state index in [1.165, 1.54) is 0 Å². The second-order valence-corrected chi connectivity index (χ2v) is 3.77. The summed E-state index contributed by atoms with van der Waals surface area (Å²) in [5.41, 5.74) is 0. The van der Waals surface area contributed by atoms with E-state index in [0.29, 0.717) is 26.4 Å². The Morgan fingerprint density at radius 1 is 1.14 bits per heavy atom. The molecule has 0 aromatic carbocycles. The SMILES string of the molecule is CCOCC(COCC)O[PH](C)=O.[Y]. The van der Waals surface area contributed by atoms with Crippen LogP contribution in [0.2, 0.25) is 0 Å². The van der Waals surface area contributed by atoms with E-state index in [1.54, 1.807) is 6.66 Å². The Hall–Kier alpha value is 1.21. The van der Waals surface area contributed by atoms with Crippen molar-refractivity contribution in [1.82, 2.24) is 0 Å². The van der Waals surface area contributed by atoms with Crippen LogP contribution in [0.5, 0.6) is 0 Å². The van der Waals surface area contributed by atoms with Crippen LogP contribution in [0.25, 0.3) is 0 Å². The molecule has 0 spiro atoms. The summed E-state index contributed by atoms with van der Waals surface area (Å²) in [6, 6.07) is 0. The van der Waals surface area contributed by atoms with Gasteiger partial charge in [0.2, 0.25) is 0 Å². The van der Waals surface area contributed by atoms with E-state index in [2.05, 4.69) is 0 Å². The summed E-state index contributed by atoms with van der Waals surface area (Å²) < 4.78 is 26.3.